The van der Waals surface area contributed by atoms with Crippen molar-refractivity contribution in [2.24, 2.45) is 5.92 Å². The summed E-state index contributed by atoms with van der Waals surface area (Å²) in [4.78, 5) is 12.3. The van der Waals surface area contributed by atoms with Crippen LogP contribution in [0.15, 0.2) is 24.8 Å². The SMILES string of the molecule is C=C(C)[C@@H]1CC[C@]2(C)S[P@@](=S)(O[C@H]3[C@@H](O)[C@H](n4cnc5c(O)ncnc54)O[C@@H]3CO[Si](C)(C)C(C)(C)C)O[C@H]2C1. The second-order valence-corrected chi connectivity index (χ2v) is 24.3. The second kappa shape index (κ2) is 10.7. The maximum atomic E-state index is 11.7. The van der Waals surface area contributed by atoms with Gasteiger partial charge in [-0.25, -0.2) is 9.97 Å². The van der Waals surface area contributed by atoms with Crippen LogP contribution in [0.4, 0.5) is 0 Å². The smallest absolute Gasteiger partial charge is 0.248 e. The highest BCUT2D eigenvalue weighted by molar-refractivity contribution is 8.68. The lowest BCUT2D eigenvalue weighted by Crippen LogP contribution is -2.45. The molecule has 4 heterocycles. The van der Waals surface area contributed by atoms with Gasteiger partial charge in [-0.1, -0.05) is 44.3 Å². The number of imidazole rings is 1. The molecule has 10 nitrogen and oxygen atoms in total. The van der Waals surface area contributed by atoms with Crippen LogP contribution in [0.3, 0.4) is 0 Å². The Hall–Kier alpha value is -0.893. The lowest BCUT2D eigenvalue weighted by Gasteiger charge is -2.37. The molecule has 1 aliphatic carbocycles. The zero-order valence-electron chi connectivity index (χ0n) is 24.2. The number of fused-ring (bicyclic) bond motifs is 2. The van der Waals surface area contributed by atoms with Gasteiger partial charge in [0.05, 0.1) is 19.0 Å². The minimum absolute atomic E-state index is 0.00423. The summed E-state index contributed by atoms with van der Waals surface area (Å²) in [5, 5.41) is 21.8. The molecular formula is C26H41N4O6PS2Si. The van der Waals surface area contributed by atoms with Gasteiger partial charge in [-0.05, 0) is 69.0 Å². The number of aromatic nitrogens is 4. The van der Waals surface area contributed by atoms with E-state index in [4.69, 9.17) is 30.0 Å². The van der Waals surface area contributed by atoms with Crippen molar-refractivity contribution >= 4 is 48.4 Å². The summed E-state index contributed by atoms with van der Waals surface area (Å²) in [5.41, 5.74) is -1.09. The molecule has 2 aromatic rings. The molecule has 0 amide bonds. The Kier molecular flexibility index (Phi) is 8.16. The quantitative estimate of drug-likeness (QED) is 0.224. The normalized spacial score (nSPS) is 36.7. The average molecular weight is 629 g/mol. The van der Waals surface area contributed by atoms with E-state index >= 15 is 0 Å². The van der Waals surface area contributed by atoms with Gasteiger partial charge >= 0.3 is 0 Å². The van der Waals surface area contributed by atoms with Crippen molar-refractivity contribution in [2.75, 3.05) is 6.61 Å². The van der Waals surface area contributed by atoms with Gasteiger partial charge in [0.2, 0.25) is 11.6 Å². The highest BCUT2D eigenvalue weighted by Gasteiger charge is 2.57. The van der Waals surface area contributed by atoms with Gasteiger partial charge in [0.15, 0.2) is 25.7 Å². The number of hydrogen-bond donors (Lipinski definition) is 2. The van der Waals surface area contributed by atoms with Crippen LogP contribution in [0.25, 0.3) is 11.2 Å². The van der Waals surface area contributed by atoms with Crippen molar-refractivity contribution < 1.29 is 28.4 Å². The Bertz CT molecular complexity index is 1340. The average Bonchev–Trinajstić information content (AvgIpc) is 3.48. The van der Waals surface area contributed by atoms with E-state index in [9.17, 15) is 10.2 Å². The molecule has 2 aliphatic heterocycles. The molecule has 5 rings (SSSR count). The van der Waals surface area contributed by atoms with Crippen LogP contribution >= 0.6 is 17.1 Å². The number of allylic oxidation sites excluding steroid dienone is 1. The van der Waals surface area contributed by atoms with Crippen molar-refractivity contribution in [3.05, 3.63) is 24.8 Å². The molecule has 3 aliphatic rings. The summed E-state index contributed by atoms with van der Waals surface area (Å²) in [6.45, 7) is 19.6. The molecule has 0 unspecified atom stereocenters. The Morgan fingerprint density at radius 1 is 1.35 bits per heavy atom. The van der Waals surface area contributed by atoms with Gasteiger partial charge in [0.25, 0.3) is 0 Å². The third-order valence-corrected chi connectivity index (χ3v) is 19.3. The summed E-state index contributed by atoms with van der Waals surface area (Å²) >= 11 is 7.70. The molecule has 0 radical (unpaired) electrons. The topological polar surface area (TPSA) is 121 Å². The number of aromatic hydroxyl groups is 1. The Labute approximate surface area is 246 Å². The predicted molar refractivity (Wildman–Crippen MR) is 162 cm³/mol. The van der Waals surface area contributed by atoms with Crippen LogP contribution in [0.2, 0.25) is 18.1 Å². The fourth-order valence-electron chi connectivity index (χ4n) is 5.33. The number of hydrogen-bond acceptors (Lipinski definition) is 11. The van der Waals surface area contributed by atoms with Crippen LogP contribution in [-0.4, -0.2) is 73.8 Å². The molecule has 0 spiro atoms. The standard InChI is InChI=1S/C26H41N4O6PS2Si/c1-15(2)16-9-10-26(6)18(11-16)35-37(38,39-26)36-21-17(12-33-40(7,8)25(3,4)5)34-24(20(21)31)30-14-29-19-22(30)27-13-28-23(19)32/h13-14,16-18,20-21,24,31H,1,9-12H2,2-8H3,(H,27,28,32)/t16-,17-,18+,20-,21-,24-,26+,37-/m1/s1. The van der Waals surface area contributed by atoms with Gasteiger partial charge in [0, 0.05) is 4.75 Å². The van der Waals surface area contributed by atoms with Crippen molar-refractivity contribution in [1.29, 1.82) is 0 Å². The fraction of sp³-hybridized carbons (Fsp3) is 0.731. The molecule has 8 atom stereocenters. The van der Waals surface area contributed by atoms with Gasteiger partial charge in [0.1, 0.15) is 24.6 Å². The molecule has 1 saturated carbocycles. The van der Waals surface area contributed by atoms with Crippen LogP contribution in [-0.2, 0) is 30.0 Å². The zero-order valence-corrected chi connectivity index (χ0v) is 27.8. The van der Waals surface area contributed by atoms with Crippen molar-refractivity contribution in [3.63, 3.8) is 0 Å². The Morgan fingerprint density at radius 2 is 2.08 bits per heavy atom. The van der Waals surface area contributed by atoms with Gasteiger partial charge in [-0.2, -0.15) is 4.98 Å². The highest BCUT2D eigenvalue weighted by Crippen LogP contribution is 2.76. The molecule has 0 bridgehead atoms. The van der Waals surface area contributed by atoms with E-state index in [-0.39, 0.29) is 33.9 Å². The summed E-state index contributed by atoms with van der Waals surface area (Å²) < 4.78 is 27.6. The molecule has 2 N–H and O–H groups in total. The minimum atomic E-state index is -2.83. The summed E-state index contributed by atoms with van der Waals surface area (Å²) in [5.74, 6) is 0.167. The molecule has 2 aromatic heterocycles. The molecule has 3 fully saturated rings. The van der Waals surface area contributed by atoms with Gasteiger partial charge in [-0.3, -0.25) is 4.57 Å². The first kappa shape index (κ1) is 30.6. The van der Waals surface area contributed by atoms with Crippen molar-refractivity contribution in [3.8, 4) is 5.88 Å². The first-order valence-electron chi connectivity index (χ1n) is 13.7. The van der Waals surface area contributed by atoms with E-state index in [0.717, 1.165) is 19.3 Å². The minimum Gasteiger partial charge on any atom is -0.492 e. The van der Waals surface area contributed by atoms with E-state index in [2.05, 4.69) is 69.2 Å². The van der Waals surface area contributed by atoms with Gasteiger partial charge < -0.3 is 28.4 Å². The largest absolute Gasteiger partial charge is 0.492 e. The summed E-state index contributed by atoms with van der Waals surface area (Å²) in [7, 11) is -2.13. The Balaban J connectivity index is 1.42. The third kappa shape index (κ3) is 5.58. The van der Waals surface area contributed by atoms with E-state index in [1.807, 2.05) is 0 Å². The molecule has 0 aromatic carbocycles. The number of ether oxygens (including phenoxy) is 1. The predicted octanol–water partition coefficient (Wildman–Crippen LogP) is 5.69. The second-order valence-electron chi connectivity index (χ2n) is 13.0. The van der Waals surface area contributed by atoms with E-state index in [0.29, 0.717) is 11.6 Å². The number of aliphatic hydroxyl groups is 1. The van der Waals surface area contributed by atoms with Crippen LogP contribution < -0.4 is 0 Å². The van der Waals surface area contributed by atoms with Crippen LogP contribution in [0.5, 0.6) is 5.88 Å². The molecule has 40 heavy (non-hydrogen) atoms. The van der Waals surface area contributed by atoms with E-state index in [1.165, 1.54) is 18.2 Å². The molecule has 2 saturated heterocycles. The van der Waals surface area contributed by atoms with Crippen LogP contribution in [0.1, 0.15) is 60.1 Å². The van der Waals surface area contributed by atoms with Crippen molar-refractivity contribution in [2.45, 2.75) is 107 Å². The number of rotatable bonds is 7. The number of nitrogens with zero attached hydrogens (tertiary/aromatic N) is 4. The lowest BCUT2D eigenvalue weighted by molar-refractivity contribution is -0.0485. The molecule has 222 valence electrons. The van der Waals surface area contributed by atoms with Gasteiger partial charge in [-0.15, -0.1) is 0 Å². The molecular weight excluding hydrogens is 588 g/mol. The summed E-state index contributed by atoms with van der Waals surface area (Å²) in [6, 6.07) is 0. The third-order valence-electron chi connectivity index (χ3n) is 9.03. The summed E-state index contributed by atoms with van der Waals surface area (Å²) in [6.07, 6.45) is 2.20. The monoisotopic (exact) mass is 628 g/mol. The zero-order chi connectivity index (χ0) is 29.3. The number of aliphatic hydroxyl groups excluding tert-OH is 1. The lowest BCUT2D eigenvalue weighted by atomic mass is 9.77. The van der Waals surface area contributed by atoms with Crippen molar-refractivity contribution in [1.82, 2.24) is 19.5 Å². The first-order chi connectivity index (χ1) is 18.5. The Morgan fingerprint density at radius 3 is 2.75 bits per heavy atom. The fourth-order valence-corrected chi connectivity index (χ4v) is 13.9. The van der Waals surface area contributed by atoms with Crippen LogP contribution in [0, 0.1) is 5.92 Å². The maximum absolute atomic E-state index is 11.7. The van der Waals surface area contributed by atoms with E-state index < -0.39 is 38.6 Å². The molecule has 14 heteroatoms. The highest BCUT2D eigenvalue weighted by atomic mass is 32.9. The van der Waals surface area contributed by atoms with E-state index in [1.54, 1.807) is 15.9 Å². The first-order valence-corrected chi connectivity index (χ1v) is 20.7. The maximum Gasteiger partial charge on any atom is 0.248 e.